The maximum absolute atomic E-state index is 14.9. The number of quaternary nitrogens is 1. The average Bonchev–Trinajstić information content (AvgIpc) is 3.92. The summed E-state index contributed by atoms with van der Waals surface area (Å²) < 4.78 is 113. The van der Waals surface area contributed by atoms with Gasteiger partial charge in [-0.05, 0) is 84.2 Å². The number of benzene rings is 2. The fraction of sp³-hybridized carbons (Fsp3) is 0.633. The Labute approximate surface area is 475 Å². The zero-order chi connectivity index (χ0) is 60.7. The van der Waals surface area contributed by atoms with E-state index < -0.39 is 95.8 Å². The molecule has 0 unspecified atom stereocenters. The summed E-state index contributed by atoms with van der Waals surface area (Å²) in [6.07, 6.45) is -0.752. The molecular weight excluding hydrogens is 1290 g/mol. The van der Waals surface area contributed by atoms with Crippen molar-refractivity contribution < 1.29 is 103 Å². The molecule has 456 valence electrons. The second-order valence-corrected chi connectivity index (χ2v) is 26.8. The molecule has 5 fully saturated rings. The predicted octanol–water partition coefficient (Wildman–Crippen LogP) is 3.54. The number of nitrogens with zero attached hydrogens (tertiary/aromatic N) is 7. The van der Waals surface area contributed by atoms with Crippen LogP contribution in [0, 0.1) is 16.8 Å². The molecule has 5 aliphatic rings. The second kappa shape index (κ2) is 29.3. The van der Waals surface area contributed by atoms with Crippen LogP contribution >= 0.6 is 11.8 Å². The molecule has 0 bridgehead atoms. The summed E-state index contributed by atoms with van der Waals surface area (Å²) in [4.78, 5) is 81.9. The van der Waals surface area contributed by atoms with Crippen molar-refractivity contribution in [3.8, 4) is 0 Å². The van der Waals surface area contributed by atoms with Crippen LogP contribution in [0.25, 0.3) is 0 Å². The van der Waals surface area contributed by atoms with Crippen LogP contribution in [-0.4, -0.2) is 218 Å². The van der Waals surface area contributed by atoms with Gasteiger partial charge in [-0.3, -0.25) is 19.4 Å². The first-order valence-corrected chi connectivity index (χ1v) is 33.0. The fourth-order valence-corrected chi connectivity index (χ4v) is 9.25. The number of likely N-dealkylation sites (N-methyl/N-ethyl adjacent to an activating group) is 1. The molecule has 5 heterocycles. The van der Waals surface area contributed by atoms with Crippen LogP contribution in [0.3, 0.4) is 0 Å². The summed E-state index contributed by atoms with van der Waals surface area (Å²) in [5, 5.41) is 16.1. The third kappa shape index (κ3) is 24.1. The first-order valence-electron chi connectivity index (χ1n) is 25.4. The fourth-order valence-electron chi connectivity index (χ4n) is 8.19. The van der Waals surface area contributed by atoms with E-state index in [1.54, 1.807) is 82.7 Å². The summed E-state index contributed by atoms with van der Waals surface area (Å²) in [6.45, 7) is 16.8. The first kappa shape index (κ1) is 67.4. The molecule has 2 N–H and O–H groups in total. The van der Waals surface area contributed by atoms with Crippen molar-refractivity contribution in [1.82, 2.24) is 20.4 Å². The summed E-state index contributed by atoms with van der Waals surface area (Å²) in [6, 6.07) is 9.02. The Morgan fingerprint density at radius 1 is 0.704 bits per heavy atom. The summed E-state index contributed by atoms with van der Waals surface area (Å²) in [7, 11) is -1.73. The van der Waals surface area contributed by atoms with Crippen molar-refractivity contribution in [3.05, 3.63) is 53.2 Å². The number of halogens is 2. The molecule has 2 aromatic carbocycles. The number of alkyl carbamates (subject to hydrolysis) is 2. The van der Waals surface area contributed by atoms with E-state index in [-0.39, 0.29) is 49.8 Å². The number of hydroxylamine groups is 3. The summed E-state index contributed by atoms with van der Waals surface area (Å²) in [5.41, 5.74) is 0.178. The number of rotatable bonds is 12. The van der Waals surface area contributed by atoms with Gasteiger partial charge in [-0.25, -0.2) is 36.4 Å². The van der Waals surface area contributed by atoms with Crippen LogP contribution < -0.4 is 30.2 Å². The molecule has 0 saturated carbocycles. The Kier molecular flexibility index (Phi) is 24.4. The first-order chi connectivity index (χ1) is 37.5. The van der Waals surface area contributed by atoms with E-state index in [2.05, 4.69) is 10.6 Å². The Balaban J connectivity index is 0.000000285. The molecule has 7 rings (SSSR count). The number of amides is 6. The topological polar surface area (TPSA) is 318 Å². The van der Waals surface area contributed by atoms with Gasteiger partial charge in [0.05, 0.1) is 74.9 Å². The van der Waals surface area contributed by atoms with E-state index in [1.165, 1.54) is 38.6 Å². The van der Waals surface area contributed by atoms with E-state index >= 15 is 0 Å². The Bertz CT molecular complexity index is 2870. The molecule has 2 aromatic rings. The summed E-state index contributed by atoms with van der Waals surface area (Å²) in [5.74, 6) is -1.45. The van der Waals surface area contributed by atoms with Gasteiger partial charge in [0.25, 0.3) is 0 Å². The van der Waals surface area contributed by atoms with Crippen molar-refractivity contribution in [2.45, 2.75) is 65.0 Å². The van der Waals surface area contributed by atoms with Gasteiger partial charge in [0.2, 0.25) is 11.8 Å². The molecule has 0 aliphatic carbocycles. The molecular formula is C49H73F2N9O18OsS2. The number of piperazine rings is 2. The van der Waals surface area contributed by atoms with Gasteiger partial charge in [-0.1, -0.05) is 0 Å². The maximum atomic E-state index is 14.9. The molecule has 6 amide bonds. The Hall–Kier alpha value is -6.06. The quantitative estimate of drug-likeness (QED) is 0.174. The van der Waals surface area contributed by atoms with Gasteiger partial charge >= 0.3 is 53.4 Å². The number of cyclic esters (lactones) is 2. The molecule has 5 aliphatic heterocycles. The Morgan fingerprint density at radius 3 is 1.38 bits per heavy atom. The van der Waals surface area contributed by atoms with Crippen LogP contribution in [0.15, 0.2) is 36.4 Å². The zero-order valence-corrected chi connectivity index (χ0v) is 50.9. The average molecular weight is 1370 g/mol. The van der Waals surface area contributed by atoms with Gasteiger partial charge in [0.1, 0.15) is 53.9 Å². The van der Waals surface area contributed by atoms with Gasteiger partial charge in [0.15, 0.2) is 9.84 Å². The molecule has 27 nitrogen and oxygen atoms in total. The normalized spacial score (nSPS) is 19.3. The van der Waals surface area contributed by atoms with E-state index in [0.29, 0.717) is 94.1 Å². The van der Waals surface area contributed by atoms with E-state index in [4.69, 9.17) is 37.8 Å². The third-order valence-electron chi connectivity index (χ3n) is 12.0. The van der Waals surface area contributed by atoms with Crippen LogP contribution in [0.4, 0.5) is 50.7 Å². The van der Waals surface area contributed by atoms with Gasteiger partial charge in [0, 0.05) is 58.6 Å². The summed E-state index contributed by atoms with van der Waals surface area (Å²) >= 11 is -4.57. The zero-order valence-electron chi connectivity index (χ0n) is 46.8. The molecule has 0 aromatic heterocycles. The third-order valence-corrected chi connectivity index (χ3v) is 13.3. The van der Waals surface area contributed by atoms with Gasteiger partial charge in [-0.15, -0.1) is 0 Å². The minimum absolute atomic E-state index is 0.0556. The molecule has 81 heavy (non-hydrogen) atoms. The molecule has 32 heteroatoms. The number of sulfone groups is 1. The van der Waals surface area contributed by atoms with Crippen LogP contribution in [0.5, 0.6) is 0 Å². The number of ether oxygens (including phenoxy) is 5. The van der Waals surface area contributed by atoms with Crippen LogP contribution in [0.2, 0.25) is 0 Å². The standard InChI is InChI=1S/C22H31FN4O7S.C22H31FN4O5S.C5H11NO2.4O.Os/c1-22(2,3)34-20(29)24-12-16-13-27(21(30)33-16)15-5-6-18(17(23)11-15)25-7-9-26(10-8-25)19(28)14-35(4,31)32;1-22(2,3)32-20(29)24-12-16-13-27(21(30)31-16)15-5-6-18(17(23)11-15)25-7-9-26(10-8-25)19(28)14-33-4;1-6(7)2-4-8-5-3-6;;;;;/h5-6,11,16H,7-10,12-14H2,1-4H3,(H,24,29);5-6,11,16H,7-10,12-14H2,1-4H3,(H,24,29);2-5H2,1H3;;;;;/t2*16-;;;;;;/m00....../s1. The Morgan fingerprint density at radius 2 is 1.07 bits per heavy atom. The minimum atomic E-state index is -6.06. The number of carbonyl (C=O) groups excluding carboxylic acids is 6. The second-order valence-electron chi connectivity index (χ2n) is 21.2. The van der Waals surface area contributed by atoms with E-state index in [9.17, 15) is 51.2 Å². The number of anilines is 4. The monoisotopic (exact) mass is 1370 g/mol. The van der Waals surface area contributed by atoms with E-state index in [0.717, 1.165) is 6.26 Å². The predicted molar refractivity (Wildman–Crippen MR) is 285 cm³/mol. The van der Waals surface area contributed by atoms with Crippen LogP contribution in [-0.2, 0) is 72.1 Å². The number of hydrogen-bond donors (Lipinski definition) is 2. The SMILES string of the molecule is CC(C)(C)OC(=O)NC[C@H]1CN(c2ccc(N3CCN(C(=O)CS(C)(=O)=O)CC3)c(F)c2)C(=O)O1.CSCC(=O)N1CCN(c2ccc(N3C[C@H](CNC(=O)OC(C)(C)C)OC3=O)cc2F)CC1.C[N+]1([O-])CCOCC1.[O]=[Os](=[O])(=[O])=[O]. The van der Waals surface area contributed by atoms with Crippen molar-refractivity contribution in [3.63, 3.8) is 0 Å². The molecule has 2 atom stereocenters. The van der Waals surface area contributed by atoms with Gasteiger partial charge < -0.3 is 63.8 Å². The number of morpholine rings is 1. The number of carbonyl (C=O) groups is 6. The molecule has 0 spiro atoms. The van der Waals surface area contributed by atoms with Crippen molar-refractivity contribution in [2.75, 3.05) is 156 Å². The molecule has 5 saturated heterocycles. The number of nitrogens with one attached hydrogen (secondary N) is 2. The van der Waals surface area contributed by atoms with Crippen molar-refractivity contribution >= 4 is 80.5 Å². The number of hydrogen-bond acceptors (Lipinski definition) is 21. The van der Waals surface area contributed by atoms with Crippen LogP contribution in [0.1, 0.15) is 41.5 Å². The molecule has 0 radical (unpaired) electrons. The van der Waals surface area contributed by atoms with Gasteiger partial charge in [-0.2, -0.15) is 11.8 Å². The number of thioether (sulfide) groups is 1. The van der Waals surface area contributed by atoms with Crippen molar-refractivity contribution in [1.29, 1.82) is 0 Å². The van der Waals surface area contributed by atoms with Crippen molar-refractivity contribution in [2.24, 2.45) is 0 Å². The van der Waals surface area contributed by atoms with E-state index in [1.807, 2.05) is 11.2 Å².